The zero-order valence-corrected chi connectivity index (χ0v) is 20.3. The van der Waals surface area contributed by atoms with E-state index in [9.17, 15) is 9.59 Å². The zero-order valence-electron chi connectivity index (χ0n) is 20.3. The molecule has 0 aliphatic carbocycles. The second-order valence-corrected chi connectivity index (χ2v) is 9.09. The molecule has 2 heterocycles. The van der Waals surface area contributed by atoms with E-state index in [-0.39, 0.29) is 24.8 Å². The van der Waals surface area contributed by atoms with Gasteiger partial charge in [-0.1, -0.05) is 72.8 Å². The van der Waals surface area contributed by atoms with Crippen LogP contribution < -0.4 is 0 Å². The van der Waals surface area contributed by atoms with E-state index in [1.54, 1.807) is 0 Å². The summed E-state index contributed by atoms with van der Waals surface area (Å²) < 4.78 is 0. The fraction of sp³-hybridized carbons (Fsp3) is 0.200. The number of aliphatic carboxylic acids is 1. The van der Waals surface area contributed by atoms with Crippen molar-refractivity contribution in [2.24, 2.45) is 5.10 Å². The van der Waals surface area contributed by atoms with Crippen molar-refractivity contribution in [1.29, 1.82) is 0 Å². The topological polar surface area (TPSA) is 82.9 Å². The van der Waals surface area contributed by atoms with E-state index >= 15 is 0 Å². The Morgan fingerprint density at radius 2 is 1.58 bits per heavy atom. The van der Waals surface area contributed by atoms with Crippen LogP contribution >= 0.6 is 0 Å². The van der Waals surface area contributed by atoms with Gasteiger partial charge in [0, 0.05) is 35.0 Å². The number of benzene rings is 3. The van der Waals surface area contributed by atoms with Gasteiger partial charge in [0.25, 0.3) is 0 Å². The number of fused-ring (bicyclic) bond motifs is 1. The van der Waals surface area contributed by atoms with Gasteiger partial charge in [0.2, 0.25) is 5.91 Å². The summed E-state index contributed by atoms with van der Waals surface area (Å²) in [6, 6.07) is 25.9. The molecule has 1 amide bonds. The number of para-hydroxylation sites is 1. The Kier molecular flexibility index (Phi) is 6.34. The fourth-order valence-electron chi connectivity index (χ4n) is 5.02. The first kappa shape index (κ1) is 23.4. The van der Waals surface area contributed by atoms with Gasteiger partial charge in [-0.15, -0.1) is 0 Å². The molecule has 1 aliphatic heterocycles. The molecular formula is C30H27N3O3. The summed E-state index contributed by atoms with van der Waals surface area (Å²) >= 11 is 0. The molecule has 6 heteroatoms. The van der Waals surface area contributed by atoms with Crippen LogP contribution in [-0.4, -0.2) is 32.7 Å². The smallest absolute Gasteiger partial charge is 0.303 e. The maximum Gasteiger partial charge on any atom is 0.303 e. The normalized spacial score (nSPS) is 15.2. The lowest BCUT2D eigenvalue weighted by atomic mass is 9.88. The molecule has 1 aromatic heterocycles. The molecule has 0 spiro atoms. The van der Waals surface area contributed by atoms with Gasteiger partial charge >= 0.3 is 5.97 Å². The highest BCUT2D eigenvalue weighted by Crippen LogP contribution is 2.40. The number of amides is 1. The minimum Gasteiger partial charge on any atom is -0.481 e. The fourth-order valence-corrected chi connectivity index (χ4v) is 5.02. The van der Waals surface area contributed by atoms with Crippen LogP contribution in [0.2, 0.25) is 0 Å². The average Bonchev–Trinajstić information content (AvgIpc) is 3.32. The van der Waals surface area contributed by atoms with Crippen LogP contribution in [0.3, 0.4) is 0 Å². The number of hydrogen-bond acceptors (Lipinski definition) is 4. The van der Waals surface area contributed by atoms with Crippen molar-refractivity contribution in [3.63, 3.8) is 0 Å². The van der Waals surface area contributed by atoms with Gasteiger partial charge < -0.3 is 5.11 Å². The molecule has 5 rings (SSSR count). The second kappa shape index (κ2) is 9.74. The van der Waals surface area contributed by atoms with Crippen LogP contribution in [-0.2, 0) is 9.59 Å². The quantitative estimate of drug-likeness (QED) is 0.366. The van der Waals surface area contributed by atoms with Gasteiger partial charge in [-0.05, 0) is 36.6 Å². The van der Waals surface area contributed by atoms with E-state index in [1.807, 2.05) is 74.5 Å². The standard InChI is InChI=1S/C30H27N3O3/c1-19-10-6-7-13-22(19)26-18-25(32-33(26)27(34)16-17-28(35)36)29-20(2)31-24-15-9-8-14-23(24)30(29)21-11-4-3-5-12-21/h3-15,26H,16-18H2,1-2H3,(H,35,36). The molecule has 36 heavy (non-hydrogen) atoms. The van der Waals surface area contributed by atoms with E-state index in [0.29, 0.717) is 6.42 Å². The first-order chi connectivity index (χ1) is 17.4. The Hall–Kier alpha value is -4.32. The molecule has 6 nitrogen and oxygen atoms in total. The van der Waals surface area contributed by atoms with Crippen molar-refractivity contribution in [3.8, 4) is 11.1 Å². The number of pyridine rings is 1. The van der Waals surface area contributed by atoms with Gasteiger partial charge in [0.05, 0.1) is 23.7 Å². The van der Waals surface area contributed by atoms with E-state index in [4.69, 9.17) is 15.2 Å². The molecule has 0 fully saturated rings. The Morgan fingerprint density at radius 1 is 0.889 bits per heavy atom. The van der Waals surface area contributed by atoms with Crippen LogP contribution in [0.1, 0.15) is 47.7 Å². The minimum absolute atomic E-state index is 0.102. The van der Waals surface area contributed by atoms with E-state index < -0.39 is 5.97 Å². The van der Waals surface area contributed by atoms with Crippen molar-refractivity contribution < 1.29 is 14.7 Å². The summed E-state index contributed by atoms with van der Waals surface area (Å²) in [5, 5.41) is 16.5. The molecule has 0 saturated carbocycles. The third-order valence-corrected chi connectivity index (χ3v) is 6.69. The summed E-state index contributed by atoms with van der Waals surface area (Å²) in [5.74, 6) is -1.30. The summed E-state index contributed by atoms with van der Waals surface area (Å²) in [6.45, 7) is 4.00. The highest BCUT2D eigenvalue weighted by atomic mass is 16.4. The van der Waals surface area contributed by atoms with Crippen LogP contribution in [0.15, 0.2) is 84.0 Å². The molecule has 1 aliphatic rings. The minimum atomic E-state index is -1.000. The number of nitrogens with zero attached hydrogens (tertiary/aromatic N) is 3. The third-order valence-electron chi connectivity index (χ3n) is 6.69. The lowest BCUT2D eigenvalue weighted by Crippen LogP contribution is -2.27. The highest BCUT2D eigenvalue weighted by Gasteiger charge is 2.35. The maximum atomic E-state index is 13.2. The first-order valence-electron chi connectivity index (χ1n) is 12.1. The van der Waals surface area contributed by atoms with Crippen LogP contribution in [0.25, 0.3) is 22.0 Å². The number of rotatable bonds is 6. The molecule has 1 atom stereocenters. The lowest BCUT2D eigenvalue weighted by molar-refractivity contribution is -0.141. The lowest BCUT2D eigenvalue weighted by Gasteiger charge is -2.23. The SMILES string of the molecule is Cc1ccccc1C1CC(c2c(C)nc3ccccc3c2-c2ccccc2)=NN1C(=O)CCC(=O)O. The maximum absolute atomic E-state index is 13.2. The van der Waals surface area contributed by atoms with Crippen LogP contribution in [0.5, 0.6) is 0 Å². The summed E-state index contributed by atoms with van der Waals surface area (Å²) in [5.41, 5.74) is 7.62. The Morgan fingerprint density at radius 3 is 2.33 bits per heavy atom. The zero-order chi connectivity index (χ0) is 25.2. The van der Waals surface area contributed by atoms with Crippen molar-refractivity contribution in [2.45, 2.75) is 39.2 Å². The summed E-state index contributed by atoms with van der Waals surface area (Å²) in [4.78, 5) is 29.3. The summed E-state index contributed by atoms with van der Waals surface area (Å²) in [7, 11) is 0. The molecule has 0 bridgehead atoms. The molecule has 4 aromatic rings. The average molecular weight is 478 g/mol. The van der Waals surface area contributed by atoms with Gasteiger partial charge in [0.1, 0.15) is 0 Å². The number of hydrazone groups is 1. The van der Waals surface area contributed by atoms with Crippen LogP contribution in [0, 0.1) is 13.8 Å². The largest absolute Gasteiger partial charge is 0.481 e. The number of carbonyl (C=O) groups excluding carboxylic acids is 1. The monoisotopic (exact) mass is 477 g/mol. The van der Waals surface area contributed by atoms with Gasteiger partial charge in [-0.3, -0.25) is 14.6 Å². The number of aromatic nitrogens is 1. The molecule has 0 radical (unpaired) electrons. The molecule has 3 aromatic carbocycles. The number of carboxylic acid groups (broad SMARTS) is 1. The van der Waals surface area contributed by atoms with Gasteiger partial charge in [-0.25, -0.2) is 5.01 Å². The molecule has 0 saturated heterocycles. The Labute approximate surface area is 209 Å². The predicted molar refractivity (Wildman–Crippen MR) is 141 cm³/mol. The van der Waals surface area contributed by atoms with Crippen molar-refractivity contribution >= 4 is 28.5 Å². The second-order valence-electron chi connectivity index (χ2n) is 9.09. The summed E-state index contributed by atoms with van der Waals surface area (Å²) in [6.07, 6.45) is 0.186. The number of carboxylic acids is 1. The third kappa shape index (κ3) is 4.38. The Balaban J connectivity index is 1.69. The molecule has 1 N–H and O–H groups in total. The number of aryl methyl sites for hydroxylation is 2. The van der Waals surface area contributed by atoms with E-state index in [0.717, 1.165) is 50.1 Å². The van der Waals surface area contributed by atoms with Gasteiger partial charge in [-0.2, -0.15) is 5.10 Å². The first-order valence-corrected chi connectivity index (χ1v) is 12.1. The number of hydrogen-bond donors (Lipinski definition) is 1. The van der Waals surface area contributed by atoms with Crippen molar-refractivity contribution in [3.05, 3.63) is 101 Å². The number of carbonyl (C=O) groups is 2. The predicted octanol–water partition coefficient (Wildman–Crippen LogP) is 6.06. The van der Waals surface area contributed by atoms with E-state index in [1.165, 1.54) is 5.01 Å². The Bertz CT molecular complexity index is 1490. The van der Waals surface area contributed by atoms with Crippen molar-refractivity contribution in [2.75, 3.05) is 0 Å². The molecule has 1 unspecified atom stereocenters. The molecule has 180 valence electrons. The van der Waals surface area contributed by atoms with Crippen molar-refractivity contribution in [1.82, 2.24) is 9.99 Å². The van der Waals surface area contributed by atoms with Crippen LogP contribution in [0.4, 0.5) is 0 Å². The van der Waals surface area contributed by atoms with E-state index in [2.05, 4.69) is 18.2 Å². The molecular weight excluding hydrogens is 450 g/mol. The highest BCUT2D eigenvalue weighted by molar-refractivity contribution is 6.14. The van der Waals surface area contributed by atoms with Gasteiger partial charge in [0.15, 0.2) is 0 Å².